The van der Waals surface area contributed by atoms with Gasteiger partial charge in [0.25, 0.3) is 11.6 Å². The fraction of sp³-hybridized carbons (Fsp3) is 0.0455. The molecule has 0 bridgehead atoms. The van der Waals surface area contributed by atoms with E-state index in [9.17, 15) is 24.8 Å². The first-order chi connectivity index (χ1) is 15.3. The summed E-state index contributed by atoms with van der Waals surface area (Å²) in [5.41, 5.74) is 4.01. The molecule has 0 aliphatic heterocycles. The van der Waals surface area contributed by atoms with Crippen LogP contribution in [0.2, 0.25) is 0 Å². The summed E-state index contributed by atoms with van der Waals surface area (Å²) >= 11 is 1.20. The summed E-state index contributed by atoms with van der Waals surface area (Å²) in [7, 11) is 0. The van der Waals surface area contributed by atoms with Gasteiger partial charge in [0, 0.05) is 27.8 Å². The largest absolute Gasteiger partial charge is 0.478 e. The van der Waals surface area contributed by atoms with Crippen molar-refractivity contribution in [2.75, 3.05) is 0 Å². The van der Waals surface area contributed by atoms with Crippen LogP contribution < -0.4 is 5.43 Å². The molecule has 2 heterocycles. The first-order valence-corrected chi connectivity index (χ1v) is 10.1. The number of nitrogens with one attached hydrogen (secondary N) is 1. The SMILES string of the molecule is Cc1ccc(C(=O)O)cc1-c1ccc(/C=N\NC(=O)c2cc3cc([N+](=O)[O-])ccc3s2)o1. The summed E-state index contributed by atoms with van der Waals surface area (Å²) in [6.07, 6.45) is 1.33. The zero-order chi connectivity index (χ0) is 22.8. The van der Waals surface area contributed by atoms with Gasteiger partial charge in [0.15, 0.2) is 0 Å². The minimum absolute atomic E-state index is 0.0435. The van der Waals surface area contributed by atoms with Gasteiger partial charge in [0.2, 0.25) is 0 Å². The number of thiophene rings is 1. The number of aryl methyl sites for hydroxylation is 1. The lowest BCUT2D eigenvalue weighted by Gasteiger charge is -2.04. The van der Waals surface area contributed by atoms with Crippen molar-refractivity contribution in [3.8, 4) is 11.3 Å². The molecule has 0 saturated heterocycles. The molecule has 0 atom stereocenters. The zero-order valence-corrected chi connectivity index (χ0v) is 17.4. The van der Waals surface area contributed by atoms with Crippen molar-refractivity contribution in [2.45, 2.75) is 6.92 Å². The number of carboxylic acid groups (broad SMARTS) is 1. The van der Waals surface area contributed by atoms with E-state index < -0.39 is 16.8 Å². The fourth-order valence-corrected chi connectivity index (χ4v) is 3.99. The second-order valence-corrected chi connectivity index (χ2v) is 7.91. The van der Waals surface area contributed by atoms with Crippen LogP contribution >= 0.6 is 11.3 Å². The molecule has 0 aliphatic carbocycles. The summed E-state index contributed by atoms with van der Waals surface area (Å²) in [5, 5.41) is 24.6. The summed E-state index contributed by atoms with van der Waals surface area (Å²) < 4.78 is 6.45. The van der Waals surface area contributed by atoms with E-state index >= 15 is 0 Å². The molecule has 0 spiro atoms. The predicted molar refractivity (Wildman–Crippen MR) is 119 cm³/mol. The topological polar surface area (TPSA) is 135 Å². The molecule has 0 unspecified atom stereocenters. The van der Waals surface area contributed by atoms with Crippen molar-refractivity contribution >= 4 is 45.2 Å². The van der Waals surface area contributed by atoms with Crippen LogP contribution in [0.5, 0.6) is 0 Å². The molecule has 2 N–H and O–H groups in total. The highest BCUT2D eigenvalue weighted by Gasteiger charge is 2.14. The Balaban J connectivity index is 1.47. The monoisotopic (exact) mass is 449 g/mol. The predicted octanol–water partition coefficient (Wildman–Crippen LogP) is 4.84. The minimum Gasteiger partial charge on any atom is -0.478 e. The van der Waals surface area contributed by atoms with E-state index in [0.717, 1.165) is 10.3 Å². The van der Waals surface area contributed by atoms with Gasteiger partial charge in [-0.1, -0.05) is 6.07 Å². The van der Waals surface area contributed by atoms with E-state index in [4.69, 9.17) is 4.42 Å². The Morgan fingerprint density at radius 2 is 1.97 bits per heavy atom. The number of carbonyl (C=O) groups is 2. The molecule has 9 nitrogen and oxygen atoms in total. The molecule has 160 valence electrons. The van der Waals surface area contributed by atoms with Gasteiger partial charge in [-0.3, -0.25) is 14.9 Å². The van der Waals surface area contributed by atoms with Crippen molar-refractivity contribution in [2.24, 2.45) is 5.10 Å². The molecule has 1 amide bonds. The number of nitro benzene ring substituents is 1. The molecule has 32 heavy (non-hydrogen) atoms. The van der Waals surface area contributed by atoms with Crippen molar-refractivity contribution in [3.05, 3.63) is 86.5 Å². The van der Waals surface area contributed by atoms with Crippen LogP contribution in [0.3, 0.4) is 0 Å². The Morgan fingerprint density at radius 3 is 2.72 bits per heavy atom. The van der Waals surface area contributed by atoms with E-state index in [0.29, 0.717) is 27.3 Å². The number of furan rings is 1. The van der Waals surface area contributed by atoms with E-state index in [2.05, 4.69) is 10.5 Å². The van der Waals surface area contributed by atoms with Gasteiger partial charge in [-0.25, -0.2) is 10.2 Å². The van der Waals surface area contributed by atoms with Crippen LogP contribution in [0.4, 0.5) is 5.69 Å². The lowest BCUT2D eigenvalue weighted by molar-refractivity contribution is -0.384. The molecule has 0 saturated carbocycles. The molecule has 4 rings (SSSR count). The molecular weight excluding hydrogens is 434 g/mol. The van der Waals surface area contributed by atoms with Crippen LogP contribution in [-0.4, -0.2) is 28.1 Å². The molecule has 0 aliphatic rings. The van der Waals surface area contributed by atoms with Crippen LogP contribution in [0.15, 0.2) is 64.1 Å². The molecule has 2 aromatic heterocycles. The van der Waals surface area contributed by atoms with Gasteiger partial charge >= 0.3 is 5.97 Å². The number of amides is 1. The minimum atomic E-state index is -1.03. The van der Waals surface area contributed by atoms with E-state index in [1.807, 2.05) is 6.92 Å². The Morgan fingerprint density at radius 1 is 1.16 bits per heavy atom. The molecule has 10 heteroatoms. The normalized spacial score (nSPS) is 11.2. The van der Waals surface area contributed by atoms with Crippen LogP contribution in [-0.2, 0) is 0 Å². The van der Waals surface area contributed by atoms with Crippen molar-refractivity contribution in [1.82, 2.24) is 5.43 Å². The molecular formula is C22H15N3O6S. The van der Waals surface area contributed by atoms with Gasteiger partial charge in [-0.2, -0.15) is 5.10 Å². The number of aromatic carboxylic acids is 1. The number of hydrogen-bond acceptors (Lipinski definition) is 7. The van der Waals surface area contributed by atoms with Crippen molar-refractivity contribution in [3.63, 3.8) is 0 Å². The Labute approximate surface area is 184 Å². The maximum atomic E-state index is 12.4. The van der Waals surface area contributed by atoms with Gasteiger partial charge < -0.3 is 9.52 Å². The van der Waals surface area contributed by atoms with Gasteiger partial charge in [-0.15, -0.1) is 11.3 Å². The number of fused-ring (bicyclic) bond motifs is 1. The lowest BCUT2D eigenvalue weighted by Crippen LogP contribution is -2.15. The summed E-state index contributed by atoms with van der Waals surface area (Å²) in [4.78, 5) is 34.3. The number of benzene rings is 2. The molecule has 0 fully saturated rings. The second-order valence-electron chi connectivity index (χ2n) is 6.83. The second kappa shape index (κ2) is 8.44. The maximum Gasteiger partial charge on any atom is 0.335 e. The number of hydrazone groups is 1. The highest BCUT2D eigenvalue weighted by atomic mass is 32.1. The van der Waals surface area contributed by atoms with Crippen molar-refractivity contribution < 1.29 is 24.0 Å². The first-order valence-electron chi connectivity index (χ1n) is 9.27. The highest BCUT2D eigenvalue weighted by Crippen LogP contribution is 2.29. The highest BCUT2D eigenvalue weighted by molar-refractivity contribution is 7.20. The fourth-order valence-electron chi connectivity index (χ4n) is 3.05. The Bertz CT molecular complexity index is 1400. The van der Waals surface area contributed by atoms with Gasteiger partial charge in [0.05, 0.1) is 21.6 Å². The third-order valence-electron chi connectivity index (χ3n) is 4.67. The maximum absolute atomic E-state index is 12.4. The Kier molecular flexibility index (Phi) is 5.52. The number of rotatable bonds is 6. The number of nitrogens with zero attached hydrogens (tertiary/aromatic N) is 2. The van der Waals surface area contributed by atoms with Crippen LogP contribution in [0.25, 0.3) is 21.4 Å². The average molecular weight is 449 g/mol. The molecule has 0 radical (unpaired) electrons. The number of nitro groups is 1. The quantitative estimate of drug-likeness (QED) is 0.246. The third kappa shape index (κ3) is 4.25. The molecule has 2 aromatic carbocycles. The number of hydrogen-bond donors (Lipinski definition) is 2. The smallest absolute Gasteiger partial charge is 0.335 e. The van der Waals surface area contributed by atoms with E-state index in [-0.39, 0.29) is 11.3 Å². The van der Waals surface area contributed by atoms with Crippen LogP contribution in [0, 0.1) is 17.0 Å². The summed E-state index contributed by atoms with van der Waals surface area (Å²) in [5.74, 6) is -0.642. The van der Waals surface area contributed by atoms with Gasteiger partial charge in [-0.05, 0) is 48.9 Å². The molecule has 4 aromatic rings. The zero-order valence-electron chi connectivity index (χ0n) is 16.6. The van der Waals surface area contributed by atoms with E-state index in [1.165, 1.54) is 41.8 Å². The number of non-ortho nitro benzene ring substituents is 1. The first kappa shape index (κ1) is 20.9. The lowest BCUT2D eigenvalue weighted by atomic mass is 10.0. The van der Waals surface area contributed by atoms with Gasteiger partial charge in [0.1, 0.15) is 11.5 Å². The van der Waals surface area contributed by atoms with Crippen LogP contribution in [0.1, 0.15) is 31.4 Å². The number of carboxylic acids is 1. The Hall–Kier alpha value is -4.31. The van der Waals surface area contributed by atoms with E-state index in [1.54, 1.807) is 30.3 Å². The van der Waals surface area contributed by atoms with Crippen molar-refractivity contribution in [1.29, 1.82) is 0 Å². The third-order valence-corrected chi connectivity index (χ3v) is 5.78. The summed E-state index contributed by atoms with van der Waals surface area (Å²) in [6, 6.07) is 14.1. The average Bonchev–Trinajstić information content (AvgIpc) is 3.40. The summed E-state index contributed by atoms with van der Waals surface area (Å²) in [6.45, 7) is 1.84. The number of carbonyl (C=O) groups excluding carboxylic acids is 1. The standard InChI is InChI=1S/C22H15N3O6S/c1-12-2-3-13(22(27)28)9-17(12)18-6-5-16(31-18)11-23-24-21(26)20-10-14-8-15(25(29)30)4-7-19(14)32-20/h2-11H,1H3,(H,24,26)(H,27,28)/b23-11-.